The highest BCUT2D eigenvalue weighted by Crippen LogP contribution is 2.28. The van der Waals surface area contributed by atoms with Crippen LogP contribution in [0.15, 0.2) is 19.6 Å². The molecule has 1 saturated heterocycles. The van der Waals surface area contributed by atoms with Crippen molar-refractivity contribution in [1.29, 1.82) is 0 Å². The number of furan rings is 1. The predicted molar refractivity (Wildman–Crippen MR) is 69.8 cm³/mol. The lowest BCUT2D eigenvalue weighted by Gasteiger charge is -2.31. The molecule has 0 aliphatic carbocycles. The van der Waals surface area contributed by atoms with E-state index < -0.39 is 5.97 Å². The largest absolute Gasteiger partial charge is 0.480 e. The second-order valence-corrected chi connectivity index (χ2v) is 5.73. The Bertz CT molecular complexity index is 399. The lowest BCUT2D eigenvalue weighted by atomic mass is 10.0. The third-order valence-corrected chi connectivity index (χ3v) is 4.66. The van der Waals surface area contributed by atoms with Gasteiger partial charge < -0.3 is 9.52 Å². The first-order chi connectivity index (χ1) is 8.08. The highest BCUT2D eigenvalue weighted by molar-refractivity contribution is 9.13. The smallest absolute Gasteiger partial charge is 0.320 e. The number of rotatable bonds is 3. The molecule has 1 atom stereocenters. The Labute approximate surface area is 116 Å². The van der Waals surface area contributed by atoms with Crippen molar-refractivity contribution in [2.24, 2.45) is 0 Å². The van der Waals surface area contributed by atoms with Gasteiger partial charge in [0.05, 0.1) is 11.0 Å². The van der Waals surface area contributed by atoms with Crippen LogP contribution in [0.5, 0.6) is 0 Å². The molecule has 0 amide bonds. The molecule has 17 heavy (non-hydrogen) atoms. The zero-order valence-corrected chi connectivity index (χ0v) is 12.3. The number of carbonyl (C=O) groups is 1. The van der Waals surface area contributed by atoms with Crippen LogP contribution >= 0.6 is 31.9 Å². The molecule has 2 rings (SSSR count). The number of nitrogens with zero attached hydrogens (tertiary/aromatic N) is 1. The van der Waals surface area contributed by atoms with Gasteiger partial charge in [-0.05, 0) is 57.3 Å². The maximum absolute atomic E-state index is 11.1. The minimum absolute atomic E-state index is 0.383. The number of carboxylic acid groups (broad SMARTS) is 1. The van der Waals surface area contributed by atoms with Crippen molar-refractivity contribution in [3.8, 4) is 0 Å². The Morgan fingerprint density at radius 3 is 2.88 bits per heavy atom. The SMILES string of the molecule is O=C(O)C1CCCCN1Cc1cc(Br)c(Br)o1. The maximum atomic E-state index is 11.1. The van der Waals surface area contributed by atoms with E-state index in [4.69, 9.17) is 9.52 Å². The first kappa shape index (κ1) is 13.1. The third-order valence-electron chi connectivity index (χ3n) is 2.95. The number of carboxylic acids is 1. The summed E-state index contributed by atoms with van der Waals surface area (Å²) in [6.07, 6.45) is 2.75. The summed E-state index contributed by atoms with van der Waals surface area (Å²) in [6.45, 7) is 1.36. The molecule has 0 saturated carbocycles. The fourth-order valence-electron chi connectivity index (χ4n) is 2.13. The van der Waals surface area contributed by atoms with Crippen molar-refractivity contribution in [3.63, 3.8) is 0 Å². The van der Waals surface area contributed by atoms with Gasteiger partial charge >= 0.3 is 5.97 Å². The van der Waals surface area contributed by atoms with Gasteiger partial charge in [-0.2, -0.15) is 0 Å². The maximum Gasteiger partial charge on any atom is 0.320 e. The van der Waals surface area contributed by atoms with Crippen LogP contribution in [0.2, 0.25) is 0 Å². The average molecular weight is 367 g/mol. The molecule has 1 aromatic heterocycles. The third kappa shape index (κ3) is 3.11. The van der Waals surface area contributed by atoms with Crippen LogP contribution in [-0.4, -0.2) is 28.6 Å². The van der Waals surface area contributed by atoms with E-state index in [0.29, 0.717) is 11.2 Å². The van der Waals surface area contributed by atoms with Gasteiger partial charge in [0.1, 0.15) is 11.8 Å². The van der Waals surface area contributed by atoms with Gasteiger partial charge in [-0.3, -0.25) is 9.69 Å². The Morgan fingerprint density at radius 1 is 1.53 bits per heavy atom. The summed E-state index contributed by atoms with van der Waals surface area (Å²) < 4.78 is 6.99. The number of piperidine rings is 1. The monoisotopic (exact) mass is 365 g/mol. The minimum Gasteiger partial charge on any atom is -0.480 e. The second-order valence-electron chi connectivity index (χ2n) is 4.15. The van der Waals surface area contributed by atoms with Crippen molar-refractivity contribution in [2.75, 3.05) is 6.54 Å². The van der Waals surface area contributed by atoms with E-state index in [2.05, 4.69) is 31.9 Å². The molecule has 4 nitrogen and oxygen atoms in total. The van der Waals surface area contributed by atoms with Crippen molar-refractivity contribution in [3.05, 3.63) is 21.0 Å². The number of hydrogen-bond donors (Lipinski definition) is 1. The summed E-state index contributed by atoms with van der Waals surface area (Å²) in [6, 6.07) is 1.49. The summed E-state index contributed by atoms with van der Waals surface area (Å²) in [5.74, 6) is 0.0336. The van der Waals surface area contributed by atoms with Gasteiger partial charge in [0, 0.05) is 0 Å². The normalized spacial score (nSPS) is 21.6. The zero-order chi connectivity index (χ0) is 12.4. The molecule has 6 heteroatoms. The van der Waals surface area contributed by atoms with E-state index in [1.54, 1.807) is 0 Å². The Morgan fingerprint density at radius 2 is 2.29 bits per heavy atom. The van der Waals surface area contributed by atoms with Crippen molar-refractivity contribution < 1.29 is 14.3 Å². The molecule has 2 heterocycles. The van der Waals surface area contributed by atoms with Crippen molar-refractivity contribution >= 4 is 37.8 Å². The fourth-order valence-corrected chi connectivity index (χ4v) is 2.79. The number of aliphatic carboxylic acids is 1. The van der Waals surface area contributed by atoms with Crippen LogP contribution in [0.4, 0.5) is 0 Å². The molecule has 1 fully saturated rings. The highest BCUT2D eigenvalue weighted by Gasteiger charge is 2.29. The lowest BCUT2D eigenvalue weighted by Crippen LogP contribution is -2.43. The van der Waals surface area contributed by atoms with Gasteiger partial charge in [-0.25, -0.2) is 0 Å². The Balaban J connectivity index is 2.07. The van der Waals surface area contributed by atoms with Gasteiger partial charge in [0.25, 0.3) is 0 Å². The lowest BCUT2D eigenvalue weighted by molar-refractivity contribution is -0.145. The standard InChI is InChI=1S/C11H13Br2NO3/c12-8-5-7(17-10(8)13)6-14-4-2-1-3-9(14)11(15)16/h5,9H,1-4,6H2,(H,15,16). The van der Waals surface area contributed by atoms with Crippen LogP contribution in [0.3, 0.4) is 0 Å². The Kier molecular flexibility index (Phi) is 4.27. The van der Waals surface area contributed by atoms with Crippen LogP contribution in [0.25, 0.3) is 0 Å². The molecule has 0 radical (unpaired) electrons. The number of hydrogen-bond acceptors (Lipinski definition) is 3. The van der Waals surface area contributed by atoms with E-state index in [1.807, 2.05) is 11.0 Å². The number of halogens is 2. The molecule has 0 bridgehead atoms. The molecule has 1 aromatic rings. The van der Waals surface area contributed by atoms with Crippen molar-refractivity contribution in [2.45, 2.75) is 31.8 Å². The highest BCUT2D eigenvalue weighted by atomic mass is 79.9. The molecule has 1 aliphatic heterocycles. The van der Waals surface area contributed by atoms with Crippen LogP contribution in [0.1, 0.15) is 25.0 Å². The minimum atomic E-state index is -0.741. The number of likely N-dealkylation sites (tertiary alicyclic amines) is 1. The van der Waals surface area contributed by atoms with E-state index >= 15 is 0 Å². The van der Waals surface area contributed by atoms with Crippen LogP contribution in [-0.2, 0) is 11.3 Å². The summed E-state index contributed by atoms with van der Waals surface area (Å²) in [5, 5.41) is 9.16. The zero-order valence-electron chi connectivity index (χ0n) is 9.16. The summed E-state index contributed by atoms with van der Waals surface area (Å²) in [5.41, 5.74) is 0. The molecule has 1 aliphatic rings. The van der Waals surface area contributed by atoms with E-state index in [1.165, 1.54) is 0 Å². The fraction of sp³-hybridized carbons (Fsp3) is 0.545. The average Bonchev–Trinajstić information content (AvgIpc) is 2.58. The summed E-state index contributed by atoms with van der Waals surface area (Å²) >= 11 is 6.63. The van der Waals surface area contributed by atoms with Crippen LogP contribution < -0.4 is 0 Å². The van der Waals surface area contributed by atoms with Gasteiger partial charge in [0.2, 0.25) is 0 Å². The first-order valence-corrected chi connectivity index (χ1v) is 7.07. The van der Waals surface area contributed by atoms with Gasteiger partial charge in [-0.15, -0.1) is 0 Å². The summed E-state index contributed by atoms with van der Waals surface area (Å²) in [7, 11) is 0. The molecule has 0 spiro atoms. The molecule has 1 unspecified atom stereocenters. The quantitative estimate of drug-likeness (QED) is 0.892. The molecule has 0 aromatic carbocycles. The second kappa shape index (κ2) is 5.54. The van der Waals surface area contributed by atoms with Gasteiger partial charge in [0.15, 0.2) is 4.67 Å². The molecule has 94 valence electrons. The molecular formula is C11H13Br2NO3. The summed E-state index contributed by atoms with van der Waals surface area (Å²) in [4.78, 5) is 13.1. The molecule has 1 N–H and O–H groups in total. The van der Waals surface area contributed by atoms with Crippen LogP contribution in [0, 0.1) is 0 Å². The topological polar surface area (TPSA) is 53.7 Å². The van der Waals surface area contributed by atoms with E-state index in [-0.39, 0.29) is 6.04 Å². The predicted octanol–water partition coefficient (Wildman–Crippen LogP) is 3.24. The van der Waals surface area contributed by atoms with Gasteiger partial charge in [-0.1, -0.05) is 6.42 Å². The van der Waals surface area contributed by atoms with E-state index in [9.17, 15) is 4.79 Å². The first-order valence-electron chi connectivity index (χ1n) is 5.48. The Hall–Kier alpha value is -0.330. The van der Waals surface area contributed by atoms with Crippen molar-refractivity contribution in [1.82, 2.24) is 4.90 Å². The molecular weight excluding hydrogens is 354 g/mol. The van der Waals surface area contributed by atoms with E-state index in [0.717, 1.165) is 36.0 Å².